The number of allylic oxidation sites excluding steroid dienone is 1. The molecule has 2 aliphatic rings. The second kappa shape index (κ2) is 15.9. The summed E-state index contributed by atoms with van der Waals surface area (Å²) < 4.78 is 29.2. The van der Waals surface area contributed by atoms with E-state index in [4.69, 9.17) is 23.7 Å². The number of carbonyl (C=O) groups is 6. The van der Waals surface area contributed by atoms with Gasteiger partial charge in [-0.3, -0.25) is 24.0 Å². The third kappa shape index (κ3) is 8.93. The topological polar surface area (TPSA) is 189 Å². The van der Waals surface area contributed by atoms with Gasteiger partial charge in [0.25, 0.3) is 0 Å². The molecule has 0 aromatic heterocycles. The lowest BCUT2D eigenvalue weighted by atomic mass is 9.72. The Kier molecular flexibility index (Phi) is 12.8. The molecule has 13 heteroatoms. The lowest BCUT2D eigenvalue weighted by Crippen LogP contribution is -2.58. The summed E-state index contributed by atoms with van der Waals surface area (Å²) in [6.45, 7) is 16.9. The zero-order valence-corrected chi connectivity index (χ0v) is 30.7. The molecular formula is C38H50O13. The predicted octanol–water partition coefficient (Wildman–Crippen LogP) is 3.82. The number of rotatable bonds is 8. The van der Waals surface area contributed by atoms with Crippen molar-refractivity contribution < 1.29 is 62.7 Å². The largest absolute Gasteiger partial charge is 0.458 e. The Hall–Kier alpha value is -4.36. The average Bonchev–Trinajstić information content (AvgIpc) is 3.25. The molecule has 0 amide bonds. The summed E-state index contributed by atoms with van der Waals surface area (Å²) in [7, 11) is 0. The highest BCUT2D eigenvalue weighted by Crippen LogP contribution is 2.51. The van der Waals surface area contributed by atoms with E-state index >= 15 is 0 Å². The first kappa shape index (κ1) is 41.1. The Morgan fingerprint density at radius 2 is 1.51 bits per heavy atom. The van der Waals surface area contributed by atoms with Crippen LogP contribution in [-0.2, 0) is 47.7 Å². The Labute approximate surface area is 298 Å². The number of fused-ring (bicyclic) bond motifs is 1. The summed E-state index contributed by atoms with van der Waals surface area (Å²) in [6.07, 6.45) is -5.86. The van der Waals surface area contributed by atoms with Crippen molar-refractivity contribution in [3.63, 3.8) is 0 Å². The summed E-state index contributed by atoms with van der Waals surface area (Å²) >= 11 is 0. The summed E-state index contributed by atoms with van der Waals surface area (Å²) in [5.74, 6) is -8.61. The van der Waals surface area contributed by atoms with Gasteiger partial charge >= 0.3 is 29.8 Å². The van der Waals surface area contributed by atoms with E-state index in [0.29, 0.717) is 6.42 Å². The molecule has 1 unspecified atom stereocenters. The first-order chi connectivity index (χ1) is 23.6. The molecule has 0 spiro atoms. The SMILES string of the molecule is C=C1[C@H](OC(=O)c2ccccc2)[C@@H](OC(C)=O)[C@@H](OC(C)=O)C(C)(C)/C=C/[C@H](C)C(=O)[C@@]2(O)C[C@@](C)(OC(C)=O)[C@H](O)[C@@H]2[C@H]1OC(=O)C(C)CC. The Morgan fingerprint density at radius 1 is 0.922 bits per heavy atom. The van der Waals surface area contributed by atoms with Crippen molar-refractivity contribution in [2.45, 2.75) is 117 Å². The highest BCUT2D eigenvalue weighted by atomic mass is 16.6. The van der Waals surface area contributed by atoms with Crippen LogP contribution in [0, 0.1) is 23.2 Å². The molecule has 0 aliphatic heterocycles. The molecule has 51 heavy (non-hydrogen) atoms. The van der Waals surface area contributed by atoms with Crippen molar-refractivity contribution in [2.24, 2.45) is 23.2 Å². The Bertz CT molecular complexity index is 1550. The van der Waals surface area contributed by atoms with Crippen LogP contribution in [0.1, 0.15) is 85.5 Å². The molecular weight excluding hydrogens is 664 g/mol. The first-order valence-electron chi connectivity index (χ1n) is 16.9. The van der Waals surface area contributed by atoms with Crippen LogP contribution in [0.4, 0.5) is 0 Å². The standard InChI is InChI=1S/C38H50O13/c1-11-20(2)34(44)49-28-22(4)29(50-35(45)26-15-13-12-14-16-26)30(47-23(5)39)33(48-24(6)40)36(8,9)18-17-21(3)31(42)38(46)19-37(10,51-25(7)41)32(43)27(28)38/h12-18,20-21,27-30,32-33,43,46H,4,11,19H2,1-3,5-10H3/b18-17+/t20?,21-,27-,28-,29-,30+,32+,33+,37+,38+/m0/s1. The average molecular weight is 715 g/mol. The number of aliphatic hydroxyl groups excluding tert-OH is 1. The predicted molar refractivity (Wildman–Crippen MR) is 182 cm³/mol. The molecule has 2 aliphatic carbocycles. The second-order valence-corrected chi connectivity index (χ2v) is 14.3. The molecule has 1 fully saturated rings. The molecule has 0 saturated heterocycles. The highest BCUT2D eigenvalue weighted by molar-refractivity contribution is 5.92. The van der Waals surface area contributed by atoms with Crippen molar-refractivity contribution in [1.82, 2.24) is 0 Å². The summed E-state index contributed by atoms with van der Waals surface area (Å²) in [5.41, 5.74) is -5.92. The fraction of sp³-hybridized carbons (Fsp3) is 0.579. The van der Waals surface area contributed by atoms with E-state index in [1.165, 1.54) is 38.1 Å². The molecule has 0 heterocycles. The van der Waals surface area contributed by atoms with Crippen molar-refractivity contribution in [3.8, 4) is 0 Å². The molecule has 2 N–H and O–H groups in total. The normalized spacial score (nSPS) is 33.3. The summed E-state index contributed by atoms with van der Waals surface area (Å²) in [5, 5.41) is 24.5. The van der Waals surface area contributed by atoms with Gasteiger partial charge in [-0.25, -0.2) is 4.79 Å². The van der Waals surface area contributed by atoms with Gasteiger partial charge in [0.2, 0.25) is 0 Å². The maximum atomic E-state index is 14.4. The lowest BCUT2D eigenvalue weighted by Gasteiger charge is -2.43. The second-order valence-electron chi connectivity index (χ2n) is 14.3. The minimum Gasteiger partial charge on any atom is -0.458 e. The van der Waals surface area contributed by atoms with Gasteiger partial charge in [-0.05, 0) is 25.5 Å². The van der Waals surface area contributed by atoms with Crippen LogP contribution in [0.15, 0.2) is 54.6 Å². The molecule has 0 radical (unpaired) electrons. The maximum absolute atomic E-state index is 14.4. The van der Waals surface area contributed by atoms with E-state index < -0.39 is 107 Å². The van der Waals surface area contributed by atoms with Crippen LogP contribution in [0.5, 0.6) is 0 Å². The summed E-state index contributed by atoms with van der Waals surface area (Å²) in [6, 6.07) is 7.76. The third-order valence-corrected chi connectivity index (χ3v) is 9.65. The van der Waals surface area contributed by atoms with Gasteiger partial charge in [-0.15, -0.1) is 0 Å². The molecule has 13 nitrogen and oxygen atoms in total. The van der Waals surface area contributed by atoms with E-state index in [9.17, 15) is 39.0 Å². The smallest absolute Gasteiger partial charge is 0.338 e. The monoisotopic (exact) mass is 714 g/mol. The molecule has 1 aromatic carbocycles. The number of aliphatic hydroxyl groups is 2. The maximum Gasteiger partial charge on any atom is 0.338 e. The van der Waals surface area contributed by atoms with E-state index in [2.05, 4.69) is 6.58 Å². The minimum absolute atomic E-state index is 0.0678. The number of ketones is 1. The van der Waals surface area contributed by atoms with Gasteiger partial charge in [0.1, 0.15) is 23.4 Å². The summed E-state index contributed by atoms with van der Waals surface area (Å²) in [4.78, 5) is 79.4. The van der Waals surface area contributed by atoms with Crippen LogP contribution < -0.4 is 0 Å². The number of hydrogen-bond acceptors (Lipinski definition) is 13. The number of carbonyl (C=O) groups excluding carboxylic acids is 6. The van der Waals surface area contributed by atoms with Crippen molar-refractivity contribution >= 4 is 35.6 Å². The van der Waals surface area contributed by atoms with Gasteiger partial charge < -0.3 is 33.9 Å². The molecule has 0 bridgehead atoms. The van der Waals surface area contributed by atoms with Crippen molar-refractivity contribution in [2.75, 3.05) is 0 Å². The van der Waals surface area contributed by atoms with Gasteiger partial charge in [0.15, 0.2) is 24.1 Å². The van der Waals surface area contributed by atoms with Crippen LogP contribution in [0.25, 0.3) is 0 Å². The molecule has 10 atom stereocenters. The van der Waals surface area contributed by atoms with Gasteiger partial charge in [0.05, 0.1) is 17.4 Å². The third-order valence-electron chi connectivity index (χ3n) is 9.65. The number of Topliss-reactive ketones (excluding diaryl/α,β-unsaturated/α-hetero) is 1. The van der Waals surface area contributed by atoms with Crippen molar-refractivity contribution in [1.29, 1.82) is 0 Å². The lowest BCUT2D eigenvalue weighted by molar-refractivity contribution is -0.186. The minimum atomic E-state index is -2.53. The van der Waals surface area contributed by atoms with Gasteiger partial charge in [-0.2, -0.15) is 0 Å². The van der Waals surface area contributed by atoms with E-state index in [1.807, 2.05) is 0 Å². The van der Waals surface area contributed by atoms with E-state index in [-0.39, 0.29) is 11.1 Å². The Morgan fingerprint density at radius 3 is 2.04 bits per heavy atom. The van der Waals surface area contributed by atoms with Gasteiger partial charge in [-0.1, -0.05) is 71.5 Å². The quantitative estimate of drug-likeness (QED) is 0.225. The first-order valence-corrected chi connectivity index (χ1v) is 16.9. The van der Waals surface area contributed by atoms with Gasteiger partial charge in [0, 0.05) is 44.1 Å². The van der Waals surface area contributed by atoms with E-state index in [0.717, 1.165) is 20.8 Å². The fourth-order valence-electron chi connectivity index (χ4n) is 6.82. The zero-order valence-electron chi connectivity index (χ0n) is 30.7. The van der Waals surface area contributed by atoms with Crippen LogP contribution in [-0.4, -0.2) is 87.6 Å². The van der Waals surface area contributed by atoms with Crippen molar-refractivity contribution in [3.05, 3.63) is 60.2 Å². The number of hydrogen-bond donors (Lipinski definition) is 2. The van der Waals surface area contributed by atoms with E-state index in [1.54, 1.807) is 45.9 Å². The fourth-order valence-corrected chi connectivity index (χ4v) is 6.82. The molecule has 1 aromatic rings. The number of esters is 5. The number of ether oxygens (including phenoxy) is 5. The molecule has 280 valence electrons. The van der Waals surface area contributed by atoms with Crippen LogP contribution >= 0.6 is 0 Å². The van der Waals surface area contributed by atoms with Crippen LogP contribution in [0.2, 0.25) is 0 Å². The molecule has 1 saturated carbocycles. The Balaban J connectivity index is 2.47. The number of benzene rings is 1. The zero-order chi connectivity index (χ0) is 38.6. The molecule has 3 rings (SSSR count). The highest BCUT2D eigenvalue weighted by Gasteiger charge is 2.68. The van der Waals surface area contributed by atoms with Crippen LogP contribution in [0.3, 0.4) is 0 Å².